The summed E-state index contributed by atoms with van der Waals surface area (Å²) in [5.41, 5.74) is 13.3. The molecule has 5 aliphatic rings. The van der Waals surface area contributed by atoms with Crippen LogP contribution in [0.1, 0.15) is 127 Å². The van der Waals surface area contributed by atoms with Crippen LogP contribution >= 0.6 is 0 Å². The average molecular weight is 1240 g/mol. The first kappa shape index (κ1) is 68.2. The number of likely N-dealkylation sites (tertiary alicyclic amines) is 2. The van der Waals surface area contributed by atoms with Crippen LogP contribution in [0, 0.1) is 17.8 Å². The van der Waals surface area contributed by atoms with Gasteiger partial charge in [-0.05, 0) is 98.3 Å². The second-order valence-electron chi connectivity index (χ2n) is 24.5. The van der Waals surface area contributed by atoms with Crippen molar-refractivity contribution < 1.29 is 68.1 Å². The van der Waals surface area contributed by atoms with Gasteiger partial charge in [-0.25, -0.2) is 4.79 Å². The number of hydrogen-bond acceptors (Lipinski definition) is 15. The predicted molar refractivity (Wildman–Crippen MR) is 322 cm³/mol. The van der Waals surface area contributed by atoms with E-state index in [1.165, 1.54) is 16.7 Å². The number of carbonyl (C=O) groups is 11. The van der Waals surface area contributed by atoms with Crippen LogP contribution in [0.2, 0.25) is 0 Å². The number of nitrogens with one attached hydrogen (secondary N) is 7. The molecule has 4 heterocycles. The highest BCUT2D eigenvalue weighted by Gasteiger charge is 2.47. The number of β-amino-alcohol motifs (C(OH)–C–C–N with tert-alkyl or cyclic N) is 1. The third kappa shape index (κ3) is 18.6. The number of fused-ring (bicyclic) bond motifs is 1. The summed E-state index contributed by atoms with van der Waals surface area (Å²) < 4.78 is 0. The number of carbonyl (C=O) groups excluding carboxylic acids is 10. The van der Waals surface area contributed by atoms with Gasteiger partial charge in [0, 0.05) is 64.8 Å². The van der Waals surface area contributed by atoms with Gasteiger partial charge in [0.2, 0.25) is 59.1 Å². The van der Waals surface area contributed by atoms with Gasteiger partial charge in [-0.3, -0.25) is 57.9 Å². The number of hydrogen-bond donors (Lipinski definition) is 12. The summed E-state index contributed by atoms with van der Waals surface area (Å²) in [6.45, 7) is 3.19. The highest BCUT2D eigenvalue weighted by Crippen LogP contribution is 2.32. The molecule has 10 atom stereocenters. The Balaban J connectivity index is 0.998. The average Bonchev–Trinajstić information content (AvgIpc) is 2.01. The molecule has 0 radical (unpaired) electrons. The van der Waals surface area contributed by atoms with Crippen molar-refractivity contribution in [2.45, 2.75) is 191 Å². The molecule has 89 heavy (non-hydrogen) atoms. The summed E-state index contributed by atoms with van der Waals surface area (Å²) >= 11 is 0. The molecule has 2 aromatic rings. The topological polar surface area (TPSA) is 420 Å². The van der Waals surface area contributed by atoms with Crippen LogP contribution in [0.4, 0.5) is 0 Å². The standard InChI is InChI=1S/C61H88N14O14/c1-34(2)25-43(69-53(81)44(67-35(3)77)26-36-13-10-22-64-29-36)52(80)68-42(20-11-23-65-61(62)63)57(85)73-24-12-21-46(73)59(87)75-32-41(78)28-48(75)54(82)66-30-49(79)71-50(37-14-4-5-15-37)56(84)70-45(33-76)58(86)74-31-40-19-9-8-18-39(40)27-47(74)55(83)72-51(60(88)89)38-16-6-7-17-38/h8-10,13,18-19,22,29,34,37-38,41-48,50-51,76,78H,4-7,11-12,14-17,20-21,23-28,30-33H2,1-3H3,(H,66,82)(H,67,77)(H,68,80)(H,69,81)(H,70,84)(H,71,79)(H,72,83)(H,88,89)(H4,62,63,65)/t41-,42+,43+,44-,45+,46+,47-,48+,50?,51?/m1/s1. The molecule has 0 spiro atoms. The summed E-state index contributed by atoms with van der Waals surface area (Å²) in [5.74, 6) is -9.24. The lowest BCUT2D eigenvalue weighted by atomic mass is 9.91. The second kappa shape index (κ2) is 32.3. The highest BCUT2D eigenvalue weighted by molar-refractivity contribution is 5.99. The quantitative estimate of drug-likeness (QED) is 0.0252. The van der Waals surface area contributed by atoms with Gasteiger partial charge < -0.3 is 78.7 Å². The zero-order chi connectivity index (χ0) is 64.5. The molecular formula is C61H88N14O14. The zero-order valence-electron chi connectivity index (χ0n) is 50.9. The van der Waals surface area contributed by atoms with Crippen molar-refractivity contribution >= 4 is 71.0 Å². The minimum atomic E-state index is -1.58. The van der Waals surface area contributed by atoms with Crippen molar-refractivity contribution in [3.63, 3.8) is 0 Å². The second-order valence-corrected chi connectivity index (χ2v) is 24.5. The maximum atomic E-state index is 14.7. The molecule has 2 saturated carbocycles. The SMILES string of the molecule is CC(=O)N[C@H](Cc1cccnc1)C(=O)N[C@@H](CC(C)C)C(=O)N[C@@H](CCCN=C(N)N)C(=O)N1CCC[C@H]1C(=O)N1C[C@H](O)C[C@H]1C(=O)NCC(=O)NC(C(=O)N[C@@H](CO)C(=O)N1Cc2ccccc2C[C@@H]1C(=O)NC(C(=O)O)C1CCCC1)C1CCCC1. The first-order chi connectivity index (χ1) is 42.5. The molecule has 28 nitrogen and oxygen atoms in total. The molecule has 7 rings (SSSR count). The van der Waals surface area contributed by atoms with Gasteiger partial charge in [0.15, 0.2) is 5.96 Å². The lowest BCUT2D eigenvalue weighted by Gasteiger charge is -2.38. The van der Waals surface area contributed by atoms with E-state index in [-0.39, 0.29) is 88.9 Å². The molecule has 1 aromatic heterocycles. The Labute approximate surface area is 517 Å². The molecule has 0 bridgehead atoms. The van der Waals surface area contributed by atoms with Crippen LogP contribution in [-0.2, 0) is 72.1 Å². The van der Waals surface area contributed by atoms with Crippen LogP contribution in [0.15, 0.2) is 53.8 Å². The fraction of sp³-hybridized carbons (Fsp3) is 0.623. The molecule has 14 N–H and O–H groups in total. The smallest absolute Gasteiger partial charge is 0.326 e. The van der Waals surface area contributed by atoms with Crippen molar-refractivity contribution in [2.75, 3.05) is 32.8 Å². The number of guanidine groups is 1. The van der Waals surface area contributed by atoms with E-state index in [0.717, 1.165) is 41.7 Å². The lowest BCUT2D eigenvalue weighted by Crippen LogP contribution is -2.62. The van der Waals surface area contributed by atoms with Gasteiger partial charge in [-0.2, -0.15) is 0 Å². The molecular weight excluding hydrogens is 1150 g/mol. The normalized spacial score (nSPS) is 21.3. The molecule has 2 aliphatic carbocycles. The van der Waals surface area contributed by atoms with E-state index in [4.69, 9.17) is 11.5 Å². The Hall–Kier alpha value is -8.27. The van der Waals surface area contributed by atoms with Crippen molar-refractivity contribution in [1.82, 2.24) is 56.9 Å². The van der Waals surface area contributed by atoms with E-state index in [1.54, 1.807) is 42.7 Å². The molecule has 10 amide bonds. The minimum absolute atomic E-state index is 0.00229. The van der Waals surface area contributed by atoms with E-state index < -0.39 is 145 Å². The Morgan fingerprint density at radius 1 is 0.685 bits per heavy atom. The van der Waals surface area contributed by atoms with Gasteiger partial charge in [-0.1, -0.05) is 69.9 Å². The number of aliphatic hydroxyl groups excluding tert-OH is 2. The molecule has 4 fully saturated rings. The molecule has 486 valence electrons. The first-order valence-corrected chi connectivity index (χ1v) is 31.0. The summed E-state index contributed by atoms with van der Waals surface area (Å²) in [4.78, 5) is 165. The third-order valence-corrected chi connectivity index (χ3v) is 17.4. The first-order valence-electron chi connectivity index (χ1n) is 31.0. The van der Waals surface area contributed by atoms with E-state index >= 15 is 0 Å². The largest absolute Gasteiger partial charge is 0.480 e. The van der Waals surface area contributed by atoms with Crippen molar-refractivity contribution in [3.05, 3.63) is 65.5 Å². The zero-order valence-corrected chi connectivity index (χ0v) is 50.9. The Morgan fingerprint density at radius 2 is 1.33 bits per heavy atom. The number of aliphatic imine (C=N–C) groups is 1. The van der Waals surface area contributed by atoms with Gasteiger partial charge in [0.05, 0.1) is 19.3 Å². The third-order valence-electron chi connectivity index (χ3n) is 17.4. The van der Waals surface area contributed by atoms with Gasteiger partial charge >= 0.3 is 5.97 Å². The number of amides is 10. The maximum absolute atomic E-state index is 14.7. The molecule has 2 saturated heterocycles. The number of pyridine rings is 1. The lowest BCUT2D eigenvalue weighted by molar-refractivity contribution is -0.148. The number of aliphatic carboxylic acids is 1. The fourth-order valence-corrected chi connectivity index (χ4v) is 13.0. The summed E-state index contributed by atoms with van der Waals surface area (Å²) in [6.07, 6.45) is 8.13. The minimum Gasteiger partial charge on any atom is -0.480 e. The van der Waals surface area contributed by atoms with Gasteiger partial charge in [-0.15, -0.1) is 0 Å². The Bertz CT molecular complexity index is 2900. The fourth-order valence-electron chi connectivity index (χ4n) is 13.0. The molecule has 2 unspecified atom stereocenters. The van der Waals surface area contributed by atoms with E-state index in [2.05, 4.69) is 47.2 Å². The number of carboxylic acids is 1. The van der Waals surface area contributed by atoms with Crippen LogP contribution in [0.3, 0.4) is 0 Å². The predicted octanol–water partition coefficient (Wildman–Crippen LogP) is -1.87. The van der Waals surface area contributed by atoms with E-state index in [0.29, 0.717) is 37.7 Å². The monoisotopic (exact) mass is 1240 g/mol. The number of rotatable bonds is 28. The van der Waals surface area contributed by atoms with Crippen LogP contribution in [-0.4, -0.2) is 199 Å². The Kier molecular flexibility index (Phi) is 24.7. The molecule has 1 aromatic carbocycles. The van der Waals surface area contributed by atoms with Crippen LogP contribution in [0.5, 0.6) is 0 Å². The number of benzene rings is 1. The molecule has 28 heteroatoms. The van der Waals surface area contributed by atoms with Crippen molar-refractivity contribution in [2.24, 2.45) is 34.2 Å². The number of aliphatic hydroxyl groups is 2. The number of carboxylic acid groups (broad SMARTS) is 1. The number of nitrogens with zero attached hydrogens (tertiary/aromatic N) is 5. The van der Waals surface area contributed by atoms with Gasteiger partial charge in [0.25, 0.3) is 0 Å². The highest BCUT2D eigenvalue weighted by atomic mass is 16.4. The van der Waals surface area contributed by atoms with E-state index in [9.17, 15) is 68.1 Å². The van der Waals surface area contributed by atoms with Crippen molar-refractivity contribution in [1.29, 1.82) is 0 Å². The van der Waals surface area contributed by atoms with Gasteiger partial charge in [0.1, 0.15) is 54.4 Å². The summed E-state index contributed by atoms with van der Waals surface area (Å²) in [7, 11) is 0. The maximum Gasteiger partial charge on any atom is 0.326 e. The Morgan fingerprint density at radius 3 is 1.96 bits per heavy atom. The van der Waals surface area contributed by atoms with Crippen LogP contribution in [0.25, 0.3) is 0 Å². The van der Waals surface area contributed by atoms with Crippen LogP contribution < -0.4 is 48.7 Å². The summed E-state index contributed by atoms with van der Waals surface area (Å²) in [5, 5.41) is 50.4. The number of aromatic nitrogens is 1. The van der Waals surface area contributed by atoms with Crippen molar-refractivity contribution in [3.8, 4) is 0 Å². The van der Waals surface area contributed by atoms with E-state index in [1.807, 2.05) is 19.9 Å². The summed E-state index contributed by atoms with van der Waals surface area (Å²) in [6, 6.07) is -0.548. The molecule has 3 aliphatic heterocycles. The number of nitrogens with two attached hydrogens (primary N) is 2.